The van der Waals surface area contributed by atoms with Gasteiger partial charge in [0.2, 0.25) is 15.8 Å². The van der Waals surface area contributed by atoms with Crippen LogP contribution in [-0.2, 0) is 95.6 Å². The normalized spacial score (nSPS) is 12.7. The Morgan fingerprint density at radius 3 is 1.25 bits per heavy atom. The van der Waals surface area contributed by atoms with E-state index in [9.17, 15) is 66.1 Å². The molecule has 1 unspecified atom stereocenters. The van der Waals surface area contributed by atoms with Gasteiger partial charge in [-0.15, -0.1) is 0 Å². The lowest BCUT2D eigenvalue weighted by Crippen LogP contribution is -2.45. The van der Waals surface area contributed by atoms with Gasteiger partial charge in [-0.2, -0.15) is 0 Å². The highest BCUT2D eigenvalue weighted by atomic mass is 32.2. The summed E-state index contributed by atoms with van der Waals surface area (Å²) in [6.45, 7) is -2.89. The highest BCUT2D eigenvalue weighted by Gasteiger charge is 2.39. The second-order valence-electron chi connectivity index (χ2n) is 8.92. The fraction of sp³-hybridized carbons (Fsp3) is 0.750. The maximum absolute atomic E-state index is 12.6. The van der Waals surface area contributed by atoms with E-state index >= 15 is 0 Å². The number of rotatable bonds is 22. The Morgan fingerprint density at radius 2 is 0.932 bits per heavy atom. The lowest BCUT2D eigenvalue weighted by Gasteiger charge is -2.32. The van der Waals surface area contributed by atoms with Gasteiger partial charge in [0.1, 0.15) is 64.0 Å². The first-order chi connectivity index (χ1) is 20.3. The van der Waals surface area contributed by atoms with Crippen LogP contribution in [0.25, 0.3) is 0 Å². The molecule has 24 heteroatoms. The number of esters is 4. The van der Waals surface area contributed by atoms with Crippen molar-refractivity contribution in [1.29, 1.82) is 0 Å². The Hall–Kier alpha value is -2.70. The largest absolute Gasteiger partial charge is 0.465 e. The van der Waals surface area contributed by atoms with E-state index in [0.29, 0.717) is 0 Å². The molecule has 0 heterocycles. The maximum atomic E-state index is 12.6. The fourth-order valence-electron chi connectivity index (χ4n) is 2.70. The van der Waals surface area contributed by atoms with Gasteiger partial charge in [-0.25, -0.2) is 42.1 Å². The van der Waals surface area contributed by atoms with Crippen molar-refractivity contribution >= 4 is 81.6 Å². The molecule has 44 heavy (non-hydrogen) atoms. The maximum Gasteiger partial charge on any atom is 0.324 e. The Morgan fingerprint density at radius 1 is 0.591 bits per heavy atom. The summed E-state index contributed by atoms with van der Waals surface area (Å²) < 4.78 is 131. The monoisotopic (exact) mass is 736 g/mol. The van der Waals surface area contributed by atoms with Crippen molar-refractivity contribution in [3.05, 3.63) is 0 Å². The van der Waals surface area contributed by atoms with Crippen molar-refractivity contribution in [2.75, 3.05) is 49.4 Å². The van der Waals surface area contributed by atoms with Gasteiger partial charge in [0.05, 0.1) is 42.3 Å². The van der Waals surface area contributed by atoms with E-state index in [4.69, 9.17) is 18.9 Å². The summed E-state index contributed by atoms with van der Waals surface area (Å²) in [6.07, 6.45) is -2.90. The van der Waals surface area contributed by atoms with Crippen molar-refractivity contribution in [3.63, 3.8) is 0 Å². The second-order valence-corrected chi connectivity index (χ2v) is 15.7. The number of thiol groups is 4. The van der Waals surface area contributed by atoms with Crippen molar-refractivity contribution in [2.45, 2.75) is 37.9 Å². The molecular formula is C20H32O19S5. The molecule has 0 aromatic carbocycles. The molecule has 0 aliphatic carbocycles. The molecule has 0 spiro atoms. The summed E-state index contributed by atoms with van der Waals surface area (Å²) in [5.41, 5.74) is -2.02. The molecule has 19 nitrogen and oxygen atoms in total. The van der Waals surface area contributed by atoms with E-state index in [1.807, 2.05) is 0 Å². The molecule has 0 aromatic heterocycles. The summed E-state index contributed by atoms with van der Waals surface area (Å²) in [7, 11) is -17.0. The van der Waals surface area contributed by atoms with Gasteiger partial charge in [0, 0.05) is 6.42 Å². The van der Waals surface area contributed by atoms with E-state index in [1.54, 1.807) is 0 Å². The topological polar surface area (TPSA) is 293 Å². The SMILES string of the molecule is CC(C(=O)OCC(COC(=O)CC[SH](=O)=O)(COC(=O)CC[SH](=O)=O)COC(=O)CC[SH](=O)=O)S(=O)(=O)CCC(=O)[SH](=O)=O. The summed E-state index contributed by atoms with van der Waals surface area (Å²) in [5, 5.41) is -3.39. The van der Waals surface area contributed by atoms with Crippen LogP contribution in [0.1, 0.15) is 32.6 Å². The van der Waals surface area contributed by atoms with Crippen LogP contribution < -0.4 is 0 Å². The van der Waals surface area contributed by atoms with Crippen LogP contribution in [0.3, 0.4) is 0 Å². The minimum absolute atomic E-state index is 0.626. The molecule has 0 saturated heterocycles. The lowest BCUT2D eigenvalue weighted by atomic mass is 9.92. The predicted octanol–water partition coefficient (Wildman–Crippen LogP) is -4.52. The zero-order valence-corrected chi connectivity index (χ0v) is 27.4. The zero-order chi connectivity index (χ0) is 34.1. The lowest BCUT2D eigenvalue weighted by molar-refractivity contribution is -0.170. The first kappa shape index (κ1) is 41.3. The van der Waals surface area contributed by atoms with Gasteiger partial charge < -0.3 is 18.9 Å². The molecule has 0 rings (SSSR count). The Labute approximate surface area is 258 Å². The summed E-state index contributed by atoms with van der Waals surface area (Å²) >= 11 is 0. The number of sulfone groups is 1. The van der Waals surface area contributed by atoms with Crippen LogP contribution in [0.2, 0.25) is 0 Å². The smallest absolute Gasteiger partial charge is 0.324 e. The van der Waals surface area contributed by atoms with Crippen LogP contribution in [0.4, 0.5) is 0 Å². The molecule has 0 radical (unpaired) electrons. The van der Waals surface area contributed by atoms with Crippen LogP contribution in [-0.4, -0.2) is 126 Å². The van der Waals surface area contributed by atoms with Crippen molar-refractivity contribution in [3.8, 4) is 0 Å². The van der Waals surface area contributed by atoms with Crippen LogP contribution in [0.15, 0.2) is 0 Å². The highest BCUT2D eigenvalue weighted by Crippen LogP contribution is 2.23. The number of hydrogen-bond acceptors (Lipinski definition) is 19. The second kappa shape index (κ2) is 20.4. The van der Waals surface area contributed by atoms with Gasteiger partial charge in [-0.3, -0.25) is 24.0 Å². The Kier molecular flexibility index (Phi) is 19.1. The van der Waals surface area contributed by atoms with Crippen LogP contribution in [0.5, 0.6) is 0 Å². The zero-order valence-electron chi connectivity index (χ0n) is 23.0. The van der Waals surface area contributed by atoms with Gasteiger partial charge in [-0.1, -0.05) is 0 Å². The quantitative estimate of drug-likeness (QED) is 0.0462. The highest BCUT2D eigenvalue weighted by molar-refractivity contribution is 7.93. The third-order valence-electron chi connectivity index (χ3n) is 5.31. The number of carbonyl (C=O) groups excluding carboxylic acids is 5. The third kappa shape index (κ3) is 18.2. The van der Waals surface area contributed by atoms with E-state index in [2.05, 4.69) is 0 Å². The molecule has 256 valence electrons. The fourth-order valence-corrected chi connectivity index (χ4v) is 5.43. The van der Waals surface area contributed by atoms with E-state index in [-0.39, 0.29) is 0 Å². The molecule has 0 N–H and O–H groups in total. The van der Waals surface area contributed by atoms with E-state index < -0.39 is 167 Å². The molecule has 1 atom stereocenters. The van der Waals surface area contributed by atoms with E-state index in [0.717, 1.165) is 6.92 Å². The summed E-state index contributed by atoms with van der Waals surface area (Å²) in [6, 6.07) is 0. The number of carbonyl (C=O) groups is 5. The van der Waals surface area contributed by atoms with E-state index in [1.165, 1.54) is 0 Å². The predicted molar refractivity (Wildman–Crippen MR) is 149 cm³/mol. The molecule has 0 aliphatic rings. The average Bonchev–Trinajstić information content (AvgIpc) is 2.94. The first-order valence-electron chi connectivity index (χ1n) is 12.2. The van der Waals surface area contributed by atoms with Crippen molar-refractivity contribution in [1.82, 2.24) is 0 Å². The molecule has 0 fully saturated rings. The standard InChI is InChI=1S/C20H32O19S5/c1-14(44(34,35)9-5-18(24)43(32)33)19(25)39-13-20(10-36-15(21)2-6-40(26)27,11-37-16(22)3-7-41(28)29)12-38-17(23)4-8-42(30)31/h14,40-43H,2-13H2,1H3. The summed E-state index contributed by atoms with van der Waals surface area (Å²) in [4.78, 5) is 60.1. The van der Waals surface area contributed by atoms with Crippen LogP contribution >= 0.6 is 0 Å². The molecule has 0 aromatic rings. The molecule has 0 aliphatic heterocycles. The van der Waals surface area contributed by atoms with Gasteiger partial charge >= 0.3 is 23.9 Å². The van der Waals surface area contributed by atoms with Gasteiger partial charge in [0.25, 0.3) is 0 Å². The molecule has 0 bridgehead atoms. The van der Waals surface area contributed by atoms with Crippen molar-refractivity contribution < 1.29 is 85.0 Å². The first-order valence-corrected chi connectivity index (χ1v) is 19.2. The molecule has 0 saturated carbocycles. The van der Waals surface area contributed by atoms with Crippen molar-refractivity contribution in [2.24, 2.45) is 5.41 Å². The van der Waals surface area contributed by atoms with Gasteiger partial charge in [0.15, 0.2) is 15.1 Å². The summed E-state index contributed by atoms with van der Waals surface area (Å²) in [5.74, 6) is -7.77. The number of ether oxygens (including phenoxy) is 4. The average molecular weight is 737 g/mol. The number of hydrogen-bond donors (Lipinski definition) is 4. The minimum atomic E-state index is -4.47. The third-order valence-corrected chi connectivity index (χ3v) is 9.75. The molecule has 0 amide bonds. The van der Waals surface area contributed by atoms with Crippen LogP contribution in [0, 0.1) is 5.41 Å². The Balaban J connectivity index is 6.11. The Bertz CT molecular complexity index is 1330. The van der Waals surface area contributed by atoms with Gasteiger partial charge in [-0.05, 0) is 6.92 Å². The minimum Gasteiger partial charge on any atom is -0.465 e. The molecular weight excluding hydrogens is 705 g/mol.